The Labute approximate surface area is 200 Å². The summed E-state index contributed by atoms with van der Waals surface area (Å²) in [5, 5.41) is 31.4. The highest BCUT2D eigenvalue weighted by Gasteiger charge is 2.50. The van der Waals surface area contributed by atoms with Crippen LogP contribution in [0.2, 0.25) is 0 Å². The molecule has 0 aliphatic carbocycles. The van der Waals surface area contributed by atoms with Gasteiger partial charge in [0.05, 0.1) is 21.0 Å². The van der Waals surface area contributed by atoms with E-state index in [1.54, 1.807) is 0 Å². The van der Waals surface area contributed by atoms with E-state index < -0.39 is 58.1 Å². The molecule has 36 heavy (non-hydrogen) atoms. The quantitative estimate of drug-likeness (QED) is 0.255. The molecule has 190 valence electrons. The van der Waals surface area contributed by atoms with Crippen molar-refractivity contribution >= 4 is 23.3 Å². The standard InChI is InChI=1S/C20H17N3O13/c1-32-20-17(36-23(30)31)16(35-19(25)12-4-8-14(9-5-12)22(28)29)15(34-20)10-33-18(24)11-2-6-13(7-3-11)21(26)27/h2-9,15-17,20H,10H2,1H3. The van der Waals surface area contributed by atoms with Gasteiger partial charge in [0.1, 0.15) is 12.7 Å². The minimum atomic E-state index is -1.56. The number of ether oxygens (including phenoxy) is 4. The van der Waals surface area contributed by atoms with Crippen LogP contribution in [-0.4, -0.2) is 65.2 Å². The van der Waals surface area contributed by atoms with Crippen LogP contribution < -0.4 is 0 Å². The summed E-state index contributed by atoms with van der Waals surface area (Å²) in [5.74, 6) is -1.92. The first-order chi connectivity index (χ1) is 17.1. The average molecular weight is 507 g/mol. The zero-order valence-corrected chi connectivity index (χ0v) is 18.3. The van der Waals surface area contributed by atoms with Gasteiger partial charge >= 0.3 is 11.9 Å². The molecule has 4 atom stereocenters. The SMILES string of the molecule is COC1OC(COC(=O)c2ccc([N+](=O)[O-])cc2)C(OC(=O)c2ccc([N+](=O)[O-])cc2)C1O[N+](=O)[O-]. The lowest BCUT2D eigenvalue weighted by molar-refractivity contribution is -0.772. The van der Waals surface area contributed by atoms with Crippen molar-refractivity contribution in [3.8, 4) is 0 Å². The van der Waals surface area contributed by atoms with E-state index in [-0.39, 0.29) is 22.5 Å². The van der Waals surface area contributed by atoms with E-state index in [9.17, 15) is 39.9 Å². The number of carbonyl (C=O) groups is 2. The highest BCUT2D eigenvalue weighted by atomic mass is 17.0. The fraction of sp³-hybridized carbons (Fsp3) is 0.300. The summed E-state index contributed by atoms with van der Waals surface area (Å²) in [7, 11) is 1.15. The zero-order valence-electron chi connectivity index (χ0n) is 18.3. The molecule has 0 saturated carbocycles. The van der Waals surface area contributed by atoms with Gasteiger partial charge in [0.2, 0.25) is 0 Å². The van der Waals surface area contributed by atoms with E-state index in [4.69, 9.17) is 18.9 Å². The summed E-state index contributed by atoms with van der Waals surface area (Å²) in [6.45, 7) is -0.564. The van der Waals surface area contributed by atoms with E-state index in [1.165, 1.54) is 12.1 Å². The van der Waals surface area contributed by atoms with Crippen LogP contribution in [0, 0.1) is 30.3 Å². The van der Waals surface area contributed by atoms with Crippen LogP contribution in [0.3, 0.4) is 0 Å². The summed E-state index contributed by atoms with van der Waals surface area (Å²) in [5.41, 5.74) is -0.658. The number of hydrogen-bond donors (Lipinski definition) is 0. The van der Waals surface area contributed by atoms with Crippen molar-refractivity contribution in [2.45, 2.75) is 24.6 Å². The molecule has 16 nitrogen and oxygen atoms in total. The summed E-state index contributed by atoms with van der Waals surface area (Å²) in [4.78, 5) is 60.8. The van der Waals surface area contributed by atoms with Crippen molar-refractivity contribution in [1.82, 2.24) is 0 Å². The molecule has 2 aromatic carbocycles. The van der Waals surface area contributed by atoms with Gasteiger partial charge in [-0.1, -0.05) is 0 Å². The van der Waals surface area contributed by atoms with Crippen molar-refractivity contribution < 1.29 is 48.3 Å². The lowest BCUT2D eigenvalue weighted by Crippen LogP contribution is -2.42. The molecule has 3 rings (SSSR count). The van der Waals surface area contributed by atoms with Gasteiger partial charge in [0, 0.05) is 31.4 Å². The zero-order chi connectivity index (χ0) is 26.4. The molecule has 0 aromatic heterocycles. The second-order valence-corrected chi connectivity index (χ2v) is 7.15. The Hall–Kier alpha value is -4.70. The van der Waals surface area contributed by atoms with Gasteiger partial charge in [-0.3, -0.25) is 20.2 Å². The number of rotatable bonds is 10. The van der Waals surface area contributed by atoms with E-state index in [0.29, 0.717) is 0 Å². The third kappa shape index (κ3) is 6.05. The fourth-order valence-electron chi connectivity index (χ4n) is 3.24. The number of hydrogen-bond acceptors (Lipinski definition) is 13. The number of nitro benzene ring substituents is 2. The van der Waals surface area contributed by atoms with Gasteiger partial charge in [-0.05, 0) is 24.3 Å². The van der Waals surface area contributed by atoms with Crippen molar-refractivity contribution in [2.24, 2.45) is 0 Å². The van der Waals surface area contributed by atoms with Crippen LogP contribution in [0.5, 0.6) is 0 Å². The fourth-order valence-corrected chi connectivity index (χ4v) is 3.24. The van der Waals surface area contributed by atoms with Crippen molar-refractivity contribution in [1.29, 1.82) is 0 Å². The molecule has 1 fully saturated rings. The Morgan fingerprint density at radius 1 is 0.833 bits per heavy atom. The Balaban J connectivity index is 1.76. The monoisotopic (exact) mass is 507 g/mol. The van der Waals surface area contributed by atoms with Crippen LogP contribution in [-0.2, 0) is 23.8 Å². The Kier molecular flexibility index (Phi) is 8.03. The molecule has 4 unspecified atom stereocenters. The third-order valence-electron chi connectivity index (χ3n) is 4.96. The lowest BCUT2D eigenvalue weighted by Gasteiger charge is -2.22. The van der Waals surface area contributed by atoms with Gasteiger partial charge in [0.15, 0.2) is 18.5 Å². The largest absolute Gasteiger partial charge is 0.459 e. The van der Waals surface area contributed by atoms with Crippen molar-refractivity contribution in [3.63, 3.8) is 0 Å². The number of nitro groups is 2. The Morgan fingerprint density at radius 2 is 1.33 bits per heavy atom. The molecule has 0 bridgehead atoms. The molecule has 0 amide bonds. The summed E-state index contributed by atoms with van der Waals surface area (Å²) >= 11 is 0. The lowest BCUT2D eigenvalue weighted by atomic mass is 10.1. The Morgan fingerprint density at radius 3 is 1.78 bits per heavy atom. The molecule has 1 saturated heterocycles. The van der Waals surface area contributed by atoms with E-state index in [1.807, 2.05) is 0 Å². The second kappa shape index (κ2) is 11.2. The van der Waals surface area contributed by atoms with Crippen LogP contribution >= 0.6 is 0 Å². The van der Waals surface area contributed by atoms with Crippen molar-refractivity contribution in [3.05, 3.63) is 90.0 Å². The van der Waals surface area contributed by atoms with Gasteiger partial charge in [0.25, 0.3) is 16.5 Å². The van der Waals surface area contributed by atoms with E-state index in [0.717, 1.165) is 43.5 Å². The molecule has 0 spiro atoms. The summed E-state index contributed by atoms with van der Waals surface area (Å²) in [6, 6.07) is 8.90. The summed E-state index contributed by atoms with van der Waals surface area (Å²) in [6.07, 6.45) is -5.71. The van der Waals surface area contributed by atoms with Gasteiger partial charge in [-0.25, -0.2) is 9.59 Å². The molecule has 0 radical (unpaired) electrons. The number of carbonyl (C=O) groups excluding carboxylic acids is 2. The maximum absolute atomic E-state index is 12.6. The maximum atomic E-state index is 12.6. The normalized spacial score (nSPS) is 20.8. The molecule has 0 N–H and O–H groups in total. The minimum Gasteiger partial charge on any atom is -0.459 e. The van der Waals surface area contributed by atoms with Crippen LogP contribution in [0.4, 0.5) is 11.4 Å². The number of non-ortho nitro benzene ring substituents is 2. The van der Waals surface area contributed by atoms with Crippen molar-refractivity contribution in [2.75, 3.05) is 13.7 Å². The smallest absolute Gasteiger partial charge is 0.338 e. The summed E-state index contributed by atoms with van der Waals surface area (Å²) < 4.78 is 21.0. The predicted molar refractivity (Wildman–Crippen MR) is 113 cm³/mol. The molecule has 1 heterocycles. The molecule has 1 aliphatic heterocycles. The predicted octanol–water partition coefficient (Wildman–Crippen LogP) is 1.83. The van der Waals surface area contributed by atoms with Gasteiger partial charge < -0.3 is 23.8 Å². The van der Waals surface area contributed by atoms with Crippen LogP contribution in [0.15, 0.2) is 48.5 Å². The number of nitrogens with zero attached hydrogens (tertiary/aromatic N) is 3. The van der Waals surface area contributed by atoms with Crippen LogP contribution in [0.1, 0.15) is 20.7 Å². The number of methoxy groups -OCH3 is 1. The third-order valence-corrected chi connectivity index (χ3v) is 4.96. The molecule has 1 aliphatic rings. The highest BCUT2D eigenvalue weighted by Crippen LogP contribution is 2.29. The van der Waals surface area contributed by atoms with E-state index in [2.05, 4.69) is 4.84 Å². The number of benzene rings is 2. The first-order valence-corrected chi connectivity index (χ1v) is 9.97. The molecule has 2 aromatic rings. The van der Waals surface area contributed by atoms with Crippen LogP contribution in [0.25, 0.3) is 0 Å². The molecule has 16 heteroatoms. The van der Waals surface area contributed by atoms with Gasteiger partial charge in [-0.2, -0.15) is 0 Å². The molecular formula is C20H17N3O13. The molecular weight excluding hydrogens is 490 g/mol. The topological polar surface area (TPSA) is 210 Å². The second-order valence-electron chi connectivity index (χ2n) is 7.15. The highest BCUT2D eigenvalue weighted by molar-refractivity contribution is 5.90. The number of esters is 2. The minimum absolute atomic E-state index is 0.0283. The van der Waals surface area contributed by atoms with Gasteiger partial charge in [-0.15, -0.1) is 10.1 Å². The Bertz CT molecular complexity index is 1150. The first-order valence-electron chi connectivity index (χ1n) is 9.97. The first kappa shape index (κ1) is 25.9. The average Bonchev–Trinajstić information content (AvgIpc) is 3.17. The maximum Gasteiger partial charge on any atom is 0.338 e. The van der Waals surface area contributed by atoms with E-state index >= 15 is 0 Å².